The summed E-state index contributed by atoms with van der Waals surface area (Å²) in [5.41, 5.74) is 0. The number of rotatable bonds is 2. The van der Waals surface area contributed by atoms with Crippen molar-refractivity contribution in [1.82, 2.24) is 40.2 Å². The summed E-state index contributed by atoms with van der Waals surface area (Å²) in [6.07, 6.45) is 3.09. The van der Waals surface area contributed by atoms with Gasteiger partial charge in [-0.1, -0.05) is 10.4 Å². The average molecular weight is 151 g/mol. The molecule has 2 heterocycles. The van der Waals surface area contributed by atoms with Crippen molar-refractivity contribution in [3.63, 3.8) is 0 Å². The van der Waals surface area contributed by atoms with Crippen LogP contribution in [0.3, 0.4) is 0 Å². The van der Waals surface area contributed by atoms with Crippen LogP contribution in [0.2, 0.25) is 0 Å². The second-order valence-corrected chi connectivity index (χ2v) is 2.17. The molecule has 0 aliphatic heterocycles. The van der Waals surface area contributed by atoms with Crippen molar-refractivity contribution in [3.05, 3.63) is 12.7 Å². The van der Waals surface area contributed by atoms with Crippen LogP contribution < -0.4 is 0 Å². The number of aromatic nitrogens is 8. The van der Waals surface area contributed by atoms with E-state index in [1.807, 2.05) is 0 Å². The maximum Gasteiger partial charge on any atom is 0.206 e. The molecule has 0 saturated heterocycles. The van der Waals surface area contributed by atoms with Crippen LogP contribution in [-0.2, 0) is 0 Å². The number of hydrogen-bond donors (Lipinski definition) is 0. The molecule has 56 valence electrons. The molecule has 0 bridgehead atoms. The van der Waals surface area contributed by atoms with Gasteiger partial charge in [-0.05, 0) is 10.4 Å². The van der Waals surface area contributed by atoms with Gasteiger partial charge in [-0.2, -0.15) is 0 Å². The predicted octanol–water partition coefficient (Wildman–Crippen LogP) is -2.95. The van der Waals surface area contributed by atoms with Crippen molar-refractivity contribution in [2.45, 2.75) is 0 Å². The number of tetrazole rings is 2. The van der Waals surface area contributed by atoms with Gasteiger partial charge in [0.25, 0.3) is 0 Å². The highest BCUT2D eigenvalue weighted by Crippen LogP contribution is 1.73. The molecule has 0 aliphatic carbocycles. The molecule has 0 saturated carbocycles. The average Bonchev–Trinajstić information content (AvgIpc) is 2.60. The molecule has 0 fully saturated rings. The summed E-state index contributed by atoms with van der Waals surface area (Å²) in [5, 5.41) is 21.3. The quantitative estimate of drug-likeness (QED) is 0.426. The molecule has 9 heteroatoms. The molecule has 2 rings (SSSR count). The maximum atomic E-state index is 3.69. The fraction of sp³-hybridized carbons (Fsp3) is 0. The molecule has 0 N–H and O–H groups in total. The lowest BCUT2D eigenvalue weighted by molar-refractivity contribution is 0.787. The van der Waals surface area contributed by atoms with Gasteiger partial charge in [0.05, 0.1) is 12.7 Å². The molecule has 0 aromatic carbocycles. The van der Waals surface area contributed by atoms with Crippen LogP contribution in [0, 0.1) is 0 Å². The molecule has 0 amide bonds. The van der Waals surface area contributed by atoms with E-state index >= 15 is 0 Å². The molecule has 0 spiro atoms. The molecule has 0 aliphatic rings. The smallest absolute Gasteiger partial charge is 0.206 e. The Balaban J connectivity index is 2.14. The summed E-state index contributed by atoms with van der Waals surface area (Å²) in [7, 11) is -0.667. The summed E-state index contributed by atoms with van der Waals surface area (Å²) < 4.78 is 3.27. The maximum absolute atomic E-state index is 3.69. The van der Waals surface area contributed by atoms with Crippen LogP contribution in [0.25, 0.3) is 0 Å². The lowest BCUT2D eigenvalue weighted by Gasteiger charge is -2.03. The highest BCUT2D eigenvalue weighted by atomic mass is 15.6. The van der Waals surface area contributed by atoms with E-state index in [0.29, 0.717) is 0 Å². The molecule has 8 nitrogen and oxygen atoms in total. The highest BCUT2D eigenvalue weighted by molar-refractivity contribution is 6.30. The van der Waals surface area contributed by atoms with Crippen LogP contribution in [-0.4, -0.2) is 47.8 Å². The Labute approximate surface area is 61.5 Å². The monoisotopic (exact) mass is 151 g/mol. The first-order chi connectivity index (χ1) is 5.45. The lowest BCUT2D eigenvalue weighted by atomic mass is 10.2. The third-order valence-electron chi connectivity index (χ3n) is 1.31. The van der Waals surface area contributed by atoms with E-state index in [0.717, 1.165) is 0 Å². The van der Waals surface area contributed by atoms with Crippen LogP contribution in [0.4, 0.5) is 0 Å². The minimum atomic E-state index is -0.667. The Bertz CT molecular complexity index is 264. The van der Waals surface area contributed by atoms with Crippen molar-refractivity contribution in [2.24, 2.45) is 0 Å². The normalized spacial score (nSPS) is 10.2. The Kier molecular flexibility index (Phi) is 1.32. The lowest BCUT2D eigenvalue weighted by Crippen LogP contribution is -2.18. The predicted molar refractivity (Wildman–Crippen MR) is 35.0 cm³/mol. The van der Waals surface area contributed by atoms with Gasteiger partial charge in [-0.15, -0.1) is 10.2 Å². The fourth-order valence-corrected chi connectivity index (χ4v) is 0.807. The zero-order chi connectivity index (χ0) is 7.52. The van der Waals surface area contributed by atoms with Gasteiger partial charge in [0.2, 0.25) is 7.55 Å². The Hall–Kier alpha value is -1.80. The van der Waals surface area contributed by atoms with Crippen molar-refractivity contribution < 1.29 is 0 Å². The fourth-order valence-electron chi connectivity index (χ4n) is 0.807. The third kappa shape index (κ3) is 1.20. The second-order valence-electron chi connectivity index (χ2n) is 2.17. The molecule has 11 heavy (non-hydrogen) atoms. The molecule has 0 radical (unpaired) electrons. The van der Waals surface area contributed by atoms with Gasteiger partial charge >= 0.3 is 0 Å². The number of nitrogens with zero attached hydrogens (tertiary/aromatic N) is 8. The van der Waals surface area contributed by atoms with E-state index in [1.54, 1.807) is 21.8 Å². The van der Waals surface area contributed by atoms with Crippen LogP contribution in [0.1, 0.15) is 0 Å². The second kappa shape index (κ2) is 2.44. The van der Waals surface area contributed by atoms with Gasteiger partial charge in [-0.3, -0.25) is 0 Å². The van der Waals surface area contributed by atoms with E-state index in [2.05, 4.69) is 31.1 Å². The zero-order valence-corrected chi connectivity index (χ0v) is 5.73. The zero-order valence-electron chi connectivity index (χ0n) is 5.73. The summed E-state index contributed by atoms with van der Waals surface area (Å²) in [6.45, 7) is 0. The first kappa shape index (κ1) is 5.95. The van der Waals surface area contributed by atoms with E-state index in [4.69, 9.17) is 0 Å². The highest BCUT2D eigenvalue weighted by Gasteiger charge is 1.87. The van der Waals surface area contributed by atoms with Crippen LogP contribution in [0.5, 0.6) is 0 Å². The number of hydrogen-bond acceptors (Lipinski definition) is 6. The standard InChI is InChI=1S/C2H4BN8/c1-4-6-8-10(1)3-11-2-5-7-9-11/h1-2H,3H2/q-1. The van der Waals surface area contributed by atoms with E-state index in [-0.39, 0.29) is 0 Å². The van der Waals surface area contributed by atoms with Crippen LogP contribution in [0.15, 0.2) is 12.7 Å². The Morgan fingerprint density at radius 2 is 1.45 bits per heavy atom. The molecule has 0 atom stereocenters. The van der Waals surface area contributed by atoms with Crippen LogP contribution >= 0.6 is 0 Å². The van der Waals surface area contributed by atoms with Gasteiger partial charge in [0, 0.05) is 0 Å². The Morgan fingerprint density at radius 1 is 0.909 bits per heavy atom. The summed E-state index contributed by atoms with van der Waals surface area (Å²) in [6, 6.07) is 0. The molecular formula is C2H4BN8-. The first-order valence-electron chi connectivity index (χ1n) is 3.13. The minimum absolute atomic E-state index is 0.667. The molecule has 2 aromatic heterocycles. The van der Waals surface area contributed by atoms with Crippen molar-refractivity contribution in [1.29, 1.82) is 0 Å². The first-order valence-corrected chi connectivity index (χ1v) is 3.13. The van der Waals surface area contributed by atoms with Gasteiger partial charge in [-0.25, -0.2) is 0 Å². The topological polar surface area (TPSA) is 87.2 Å². The van der Waals surface area contributed by atoms with E-state index in [9.17, 15) is 0 Å². The molecule has 0 unspecified atom stereocenters. The van der Waals surface area contributed by atoms with Gasteiger partial charge in [0.1, 0.15) is 0 Å². The summed E-state index contributed by atoms with van der Waals surface area (Å²) >= 11 is 0. The van der Waals surface area contributed by atoms with Gasteiger partial charge in [0.15, 0.2) is 0 Å². The van der Waals surface area contributed by atoms with Crippen molar-refractivity contribution in [2.75, 3.05) is 0 Å². The van der Waals surface area contributed by atoms with Crippen molar-refractivity contribution in [3.8, 4) is 0 Å². The van der Waals surface area contributed by atoms with E-state index in [1.165, 1.54) is 0 Å². The Morgan fingerprint density at radius 3 is 1.82 bits per heavy atom. The summed E-state index contributed by atoms with van der Waals surface area (Å²) in [5.74, 6) is 0. The summed E-state index contributed by atoms with van der Waals surface area (Å²) in [4.78, 5) is 0. The van der Waals surface area contributed by atoms with Gasteiger partial charge < -0.3 is 9.19 Å². The molecular weight excluding hydrogens is 147 g/mol. The van der Waals surface area contributed by atoms with E-state index < -0.39 is 7.55 Å². The largest absolute Gasteiger partial charge is 0.392 e. The third-order valence-corrected chi connectivity index (χ3v) is 1.31. The molecule has 2 aromatic rings. The SMILES string of the molecule is [BH2-](n1cnnn1)n1cnnn1. The minimum Gasteiger partial charge on any atom is -0.392 e. The van der Waals surface area contributed by atoms with Crippen molar-refractivity contribution >= 4 is 7.55 Å².